The van der Waals surface area contributed by atoms with Crippen molar-refractivity contribution >= 4 is 5.91 Å². The van der Waals surface area contributed by atoms with Crippen molar-refractivity contribution in [2.45, 2.75) is 6.92 Å². The summed E-state index contributed by atoms with van der Waals surface area (Å²) in [5.74, 6) is 3.44. The predicted molar refractivity (Wildman–Crippen MR) is 46.2 cm³/mol. The molecule has 1 aromatic rings. The van der Waals surface area contributed by atoms with Crippen LogP contribution in [0.1, 0.15) is 15.9 Å². The number of carbonyl (C=O) groups excluding carboxylic acids is 1. The van der Waals surface area contributed by atoms with Crippen LogP contribution < -0.4 is 11.3 Å². The highest BCUT2D eigenvalue weighted by molar-refractivity contribution is 5.97. The van der Waals surface area contributed by atoms with E-state index in [-0.39, 0.29) is 11.3 Å². The van der Waals surface area contributed by atoms with E-state index >= 15 is 0 Å². The number of aryl methyl sites for hydroxylation is 1. The highest BCUT2D eigenvalue weighted by Crippen LogP contribution is 2.29. The van der Waals surface area contributed by atoms with Gasteiger partial charge in [0.05, 0.1) is 5.56 Å². The molecule has 5 heteroatoms. The summed E-state index contributed by atoms with van der Waals surface area (Å²) < 4.78 is 0. The Morgan fingerprint density at radius 2 is 2.08 bits per heavy atom. The third-order valence-electron chi connectivity index (χ3n) is 1.61. The Labute approximate surface area is 74.8 Å². The van der Waals surface area contributed by atoms with E-state index in [4.69, 9.17) is 10.9 Å². The molecule has 0 heterocycles. The highest BCUT2D eigenvalue weighted by Gasteiger charge is 2.13. The molecule has 0 aliphatic rings. The molecule has 0 saturated carbocycles. The number of hydrogen-bond acceptors (Lipinski definition) is 4. The third kappa shape index (κ3) is 1.70. The zero-order valence-electron chi connectivity index (χ0n) is 7.03. The van der Waals surface area contributed by atoms with Gasteiger partial charge in [-0.25, -0.2) is 5.84 Å². The van der Waals surface area contributed by atoms with Crippen LogP contribution in [0.15, 0.2) is 12.1 Å². The number of nitrogen functional groups attached to an aromatic ring is 1. The molecule has 5 N–H and O–H groups in total. The van der Waals surface area contributed by atoms with Crippen LogP contribution in [0.2, 0.25) is 0 Å². The van der Waals surface area contributed by atoms with Gasteiger partial charge in [0.2, 0.25) is 0 Å². The van der Waals surface area contributed by atoms with Crippen molar-refractivity contribution in [1.29, 1.82) is 0 Å². The van der Waals surface area contributed by atoms with E-state index in [1.165, 1.54) is 12.1 Å². The van der Waals surface area contributed by atoms with Crippen molar-refractivity contribution in [2.24, 2.45) is 5.84 Å². The second-order valence-corrected chi connectivity index (χ2v) is 2.65. The van der Waals surface area contributed by atoms with Crippen molar-refractivity contribution < 1.29 is 15.0 Å². The number of phenolic OH excluding ortho intramolecular Hbond substituents is 2. The number of aromatic hydroxyl groups is 2. The van der Waals surface area contributed by atoms with Crippen LogP contribution in [0.25, 0.3) is 0 Å². The summed E-state index contributed by atoms with van der Waals surface area (Å²) in [6.45, 7) is 1.69. The molecule has 0 saturated heterocycles. The predicted octanol–water partition coefficient (Wildman–Crippen LogP) is 0.00972. The van der Waals surface area contributed by atoms with E-state index in [1.54, 1.807) is 6.92 Å². The van der Waals surface area contributed by atoms with Gasteiger partial charge in [-0.05, 0) is 24.6 Å². The van der Waals surface area contributed by atoms with Crippen LogP contribution in [-0.2, 0) is 0 Å². The molecule has 0 aliphatic carbocycles. The first-order valence-corrected chi connectivity index (χ1v) is 3.59. The van der Waals surface area contributed by atoms with Gasteiger partial charge in [0.25, 0.3) is 5.91 Å². The van der Waals surface area contributed by atoms with E-state index in [0.29, 0.717) is 5.56 Å². The van der Waals surface area contributed by atoms with Gasteiger partial charge in [0, 0.05) is 0 Å². The van der Waals surface area contributed by atoms with Gasteiger partial charge in [0.1, 0.15) is 0 Å². The first-order valence-electron chi connectivity index (χ1n) is 3.59. The number of hydrogen-bond donors (Lipinski definition) is 4. The molecule has 0 unspecified atom stereocenters. The fourth-order valence-corrected chi connectivity index (χ4v) is 1.01. The fourth-order valence-electron chi connectivity index (χ4n) is 1.01. The molecule has 1 aromatic carbocycles. The Hall–Kier alpha value is -1.75. The largest absolute Gasteiger partial charge is 0.504 e. The van der Waals surface area contributed by atoms with Gasteiger partial charge in [-0.15, -0.1) is 0 Å². The summed E-state index contributed by atoms with van der Waals surface area (Å²) in [7, 11) is 0. The lowest BCUT2D eigenvalue weighted by Crippen LogP contribution is -2.30. The molecule has 0 aliphatic heterocycles. The van der Waals surface area contributed by atoms with E-state index in [2.05, 4.69) is 0 Å². The van der Waals surface area contributed by atoms with Crippen molar-refractivity contribution in [3.63, 3.8) is 0 Å². The standard InChI is InChI=1S/C8H10N2O3/c1-4-2-5(8(13)10-9)7(12)6(11)3-4/h2-3,11-12H,9H2,1H3,(H,10,13). The molecule has 5 nitrogen and oxygen atoms in total. The van der Waals surface area contributed by atoms with Crippen LogP contribution in [-0.4, -0.2) is 16.1 Å². The number of amides is 1. The normalized spacial score (nSPS) is 9.69. The van der Waals surface area contributed by atoms with Gasteiger partial charge in [0.15, 0.2) is 11.5 Å². The number of rotatable bonds is 1. The molecule has 0 radical (unpaired) electrons. The van der Waals surface area contributed by atoms with E-state index in [1.807, 2.05) is 5.43 Å². The monoisotopic (exact) mass is 182 g/mol. The topological polar surface area (TPSA) is 95.6 Å². The summed E-state index contributed by atoms with van der Waals surface area (Å²) in [5, 5.41) is 18.4. The van der Waals surface area contributed by atoms with Gasteiger partial charge in [-0.2, -0.15) is 0 Å². The Morgan fingerprint density at radius 1 is 1.46 bits per heavy atom. The molecule has 0 spiro atoms. The summed E-state index contributed by atoms with van der Waals surface area (Å²) in [5.41, 5.74) is 2.49. The molecule has 0 atom stereocenters. The number of nitrogens with one attached hydrogen (secondary N) is 1. The van der Waals surface area contributed by atoms with Crippen LogP contribution in [0.4, 0.5) is 0 Å². The first kappa shape index (κ1) is 9.34. The number of carbonyl (C=O) groups is 1. The number of hydrazine groups is 1. The Bertz CT molecular complexity index is 349. The van der Waals surface area contributed by atoms with E-state index in [0.717, 1.165) is 0 Å². The van der Waals surface area contributed by atoms with Gasteiger partial charge >= 0.3 is 0 Å². The molecule has 0 fully saturated rings. The smallest absolute Gasteiger partial charge is 0.269 e. The second kappa shape index (κ2) is 3.32. The van der Waals surface area contributed by atoms with Gasteiger partial charge in [-0.3, -0.25) is 10.2 Å². The molecule has 1 amide bonds. The van der Waals surface area contributed by atoms with Crippen molar-refractivity contribution in [2.75, 3.05) is 0 Å². The minimum absolute atomic E-state index is 0.0417. The zero-order chi connectivity index (χ0) is 10.0. The van der Waals surface area contributed by atoms with E-state index in [9.17, 15) is 9.90 Å². The first-order chi connectivity index (χ1) is 6.06. The summed E-state index contributed by atoms with van der Waals surface area (Å²) in [4.78, 5) is 11.0. The van der Waals surface area contributed by atoms with Gasteiger partial charge < -0.3 is 10.2 Å². The van der Waals surface area contributed by atoms with E-state index < -0.39 is 11.7 Å². The molecule has 13 heavy (non-hydrogen) atoms. The maximum absolute atomic E-state index is 11.0. The Balaban J connectivity index is 3.28. The Kier molecular flexibility index (Phi) is 2.39. The fraction of sp³-hybridized carbons (Fsp3) is 0.125. The van der Waals surface area contributed by atoms with Crippen LogP contribution in [0.3, 0.4) is 0 Å². The maximum Gasteiger partial charge on any atom is 0.269 e. The number of nitrogens with two attached hydrogens (primary N) is 1. The average molecular weight is 182 g/mol. The molecule has 1 rings (SSSR count). The van der Waals surface area contributed by atoms with Crippen molar-refractivity contribution in [3.8, 4) is 11.5 Å². The van der Waals surface area contributed by atoms with Crippen molar-refractivity contribution in [1.82, 2.24) is 5.43 Å². The third-order valence-corrected chi connectivity index (χ3v) is 1.61. The lowest BCUT2D eigenvalue weighted by Gasteiger charge is -2.05. The van der Waals surface area contributed by atoms with Crippen LogP contribution >= 0.6 is 0 Å². The lowest BCUT2D eigenvalue weighted by atomic mass is 10.1. The second-order valence-electron chi connectivity index (χ2n) is 2.65. The molecule has 70 valence electrons. The van der Waals surface area contributed by atoms with Crippen LogP contribution in [0.5, 0.6) is 11.5 Å². The quantitative estimate of drug-likeness (QED) is 0.213. The highest BCUT2D eigenvalue weighted by atomic mass is 16.3. The SMILES string of the molecule is Cc1cc(O)c(O)c(C(=O)NN)c1. The Morgan fingerprint density at radius 3 is 2.62 bits per heavy atom. The maximum atomic E-state index is 11.0. The number of benzene rings is 1. The van der Waals surface area contributed by atoms with Gasteiger partial charge in [-0.1, -0.05) is 0 Å². The number of phenols is 2. The summed E-state index contributed by atoms with van der Waals surface area (Å²) in [6, 6.07) is 2.78. The zero-order valence-corrected chi connectivity index (χ0v) is 7.03. The summed E-state index contributed by atoms with van der Waals surface area (Å²) in [6.07, 6.45) is 0. The molecule has 0 bridgehead atoms. The minimum atomic E-state index is -0.642. The summed E-state index contributed by atoms with van der Waals surface area (Å²) >= 11 is 0. The minimum Gasteiger partial charge on any atom is -0.504 e. The lowest BCUT2D eigenvalue weighted by molar-refractivity contribution is 0.0950. The molecule has 0 aromatic heterocycles. The van der Waals surface area contributed by atoms with Crippen molar-refractivity contribution in [3.05, 3.63) is 23.3 Å². The molecular formula is C8H10N2O3. The average Bonchev–Trinajstić information content (AvgIpc) is 2.10. The molecular weight excluding hydrogens is 172 g/mol. The van der Waals surface area contributed by atoms with Crippen LogP contribution in [0, 0.1) is 6.92 Å².